The molecule has 0 radical (unpaired) electrons. The number of hydrogen-bond acceptors (Lipinski definition) is 5. The summed E-state index contributed by atoms with van der Waals surface area (Å²) < 4.78 is 10.4. The predicted octanol–water partition coefficient (Wildman–Crippen LogP) is 0.416. The van der Waals surface area contributed by atoms with Crippen LogP contribution in [0.25, 0.3) is 0 Å². The molecule has 0 aromatic heterocycles. The molecule has 0 aliphatic rings. The number of methoxy groups -OCH3 is 1. The van der Waals surface area contributed by atoms with Crippen LogP contribution in [0.3, 0.4) is 0 Å². The second-order valence-electron chi connectivity index (χ2n) is 4.24. The van der Waals surface area contributed by atoms with E-state index in [0.717, 1.165) is 0 Å². The molecule has 1 atom stereocenters. The minimum atomic E-state index is -1.17. The zero-order chi connectivity index (χ0) is 15.7. The fourth-order valence-corrected chi connectivity index (χ4v) is 1.59. The van der Waals surface area contributed by atoms with Crippen LogP contribution in [0.5, 0.6) is 11.5 Å². The highest BCUT2D eigenvalue weighted by Gasteiger charge is 2.18. The number of carbonyl (C=O) groups excluding carboxylic acids is 1. The summed E-state index contributed by atoms with van der Waals surface area (Å²) in [6, 6.07) is 5.81. The van der Waals surface area contributed by atoms with E-state index in [9.17, 15) is 9.59 Å². The molecule has 0 heterocycles. The first-order chi connectivity index (χ1) is 10.1. The number of carboxylic acid groups (broad SMARTS) is 1. The molecule has 0 aliphatic heterocycles. The van der Waals surface area contributed by atoms with Crippen LogP contribution in [0.15, 0.2) is 24.3 Å². The number of carbonyl (C=O) groups is 2. The third-order valence-electron chi connectivity index (χ3n) is 2.71. The van der Waals surface area contributed by atoms with Crippen molar-refractivity contribution in [2.75, 3.05) is 20.3 Å². The van der Waals surface area contributed by atoms with Gasteiger partial charge in [0.05, 0.1) is 20.1 Å². The second kappa shape index (κ2) is 8.80. The van der Waals surface area contributed by atoms with Crippen molar-refractivity contribution in [3.05, 3.63) is 24.3 Å². The van der Waals surface area contributed by atoms with E-state index in [4.69, 9.17) is 19.7 Å². The molecule has 3 N–H and O–H groups in total. The summed E-state index contributed by atoms with van der Waals surface area (Å²) in [5.74, 6) is -0.319. The van der Waals surface area contributed by atoms with Gasteiger partial charge in [-0.1, -0.05) is 0 Å². The third kappa shape index (κ3) is 6.13. The molecule has 0 saturated carbocycles. The van der Waals surface area contributed by atoms with E-state index < -0.39 is 17.9 Å². The number of hydrogen-bond donors (Lipinski definition) is 3. The van der Waals surface area contributed by atoms with E-state index in [1.165, 1.54) is 0 Å². The molecule has 0 bridgehead atoms. The highest BCUT2D eigenvalue weighted by Crippen LogP contribution is 2.16. The van der Waals surface area contributed by atoms with Gasteiger partial charge in [0.15, 0.2) is 0 Å². The SMILES string of the molecule is COc1ccc(OCCC(=O)N[C@H](CCO)C(=O)O)cc1. The molecule has 1 rings (SSSR count). The lowest BCUT2D eigenvalue weighted by Crippen LogP contribution is -2.41. The van der Waals surface area contributed by atoms with Crippen LogP contribution in [0.1, 0.15) is 12.8 Å². The van der Waals surface area contributed by atoms with E-state index in [1.807, 2.05) is 0 Å². The minimum Gasteiger partial charge on any atom is -0.497 e. The number of aliphatic carboxylic acids is 1. The Kier molecular flexibility index (Phi) is 7.03. The van der Waals surface area contributed by atoms with Gasteiger partial charge in [-0.25, -0.2) is 4.79 Å². The number of carboxylic acids is 1. The number of rotatable bonds is 9. The average Bonchev–Trinajstić information content (AvgIpc) is 2.47. The van der Waals surface area contributed by atoms with E-state index in [1.54, 1.807) is 31.4 Å². The van der Waals surface area contributed by atoms with Gasteiger partial charge in [0.1, 0.15) is 17.5 Å². The van der Waals surface area contributed by atoms with Crippen molar-refractivity contribution >= 4 is 11.9 Å². The second-order valence-corrected chi connectivity index (χ2v) is 4.24. The van der Waals surface area contributed by atoms with Gasteiger partial charge in [0.2, 0.25) is 5.91 Å². The van der Waals surface area contributed by atoms with Crippen LogP contribution in [0.4, 0.5) is 0 Å². The lowest BCUT2D eigenvalue weighted by atomic mass is 10.2. The van der Waals surface area contributed by atoms with Gasteiger partial charge in [0.25, 0.3) is 0 Å². The zero-order valence-electron chi connectivity index (χ0n) is 11.7. The number of ether oxygens (including phenoxy) is 2. The highest BCUT2D eigenvalue weighted by molar-refractivity contribution is 5.83. The quantitative estimate of drug-likeness (QED) is 0.610. The van der Waals surface area contributed by atoms with Crippen molar-refractivity contribution in [1.82, 2.24) is 5.32 Å². The van der Waals surface area contributed by atoms with E-state index in [-0.39, 0.29) is 26.1 Å². The summed E-state index contributed by atoms with van der Waals surface area (Å²) in [6.07, 6.45) is 0.00164. The Bertz CT molecular complexity index is 459. The van der Waals surface area contributed by atoms with Gasteiger partial charge in [-0.05, 0) is 24.3 Å². The number of aliphatic hydroxyl groups excluding tert-OH is 1. The Hall–Kier alpha value is -2.28. The minimum absolute atomic E-state index is 0.0274. The number of aliphatic hydroxyl groups is 1. The standard InChI is InChI=1S/C14H19NO6/c1-20-10-2-4-11(5-3-10)21-9-7-13(17)15-12(6-8-16)14(18)19/h2-5,12,16H,6-9H2,1H3,(H,15,17)(H,18,19)/t12-/m1/s1. The number of nitrogens with one attached hydrogen (secondary N) is 1. The molecule has 1 amide bonds. The third-order valence-corrected chi connectivity index (χ3v) is 2.71. The lowest BCUT2D eigenvalue weighted by molar-refractivity contribution is -0.142. The zero-order valence-corrected chi connectivity index (χ0v) is 11.7. The molecular weight excluding hydrogens is 278 g/mol. The van der Waals surface area contributed by atoms with Crippen molar-refractivity contribution < 1.29 is 29.3 Å². The molecule has 0 saturated heterocycles. The van der Waals surface area contributed by atoms with Gasteiger partial charge < -0.3 is 25.0 Å². The molecular formula is C14H19NO6. The van der Waals surface area contributed by atoms with Crippen molar-refractivity contribution in [3.63, 3.8) is 0 Å². The maximum Gasteiger partial charge on any atom is 0.326 e. The highest BCUT2D eigenvalue weighted by atomic mass is 16.5. The smallest absolute Gasteiger partial charge is 0.326 e. The van der Waals surface area contributed by atoms with Gasteiger partial charge >= 0.3 is 5.97 Å². The molecule has 0 unspecified atom stereocenters. The topological polar surface area (TPSA) is 105 Å². The maximum atomic E-state index is 11.6. The largest absolute Gasteiger partial charge is 0.497 e. The Morgan fingerprint density at radius 1 is 1.24 bits per heavy atom. The van der Waals surface area contributed by atoms with Crippen molar-refractivity contribution in [2.24, 2.45) is 0 Å². The monoisotopic (exact) mass is 297 g/mol. The van der Waals surface area contributed by atoms with Gasteiger partial charge in [-0.3, -0.25) is 4.79 Å². The molecule has 0 spiro atoms. The Labute approximate surface area is 122 Å². The molecule has 116 valence electrons. The van der Waals surface area contributed by atoms with Gasteiger partial charge in [-0.15, -0.1) is 0 Å². The summed E-state index contributed by atoms with van der Waals surface area (Å²) in [7, 11) is 1.56. The van der Waals surface area contributed by atoms with Crippen molar-refractivity contribution in [2.45, 2.75) is 18.9 Å². The Balaban J connectivity index is 2.33. The van der Waals surface area contributed by atoms with E-state index in [0.29, 0.717) is 11.5 Å². The summed E-state index contributed by atoms with van der Waals surface area (Å²) in [6.45, 7) is -0.177. The lowest BCUT2D eigenvalue weighted by Gasteiger charge is -2.13. The first-order valence-electron chi connectivity index (χ1n) is 6.46. The van der Waals surface area contributed by atoms with Crippen LogP contribution in [-0.2, 0) is 9.59 Å². The van der Waals surface area contributed by atoms with Crippen LogP contribution in [-0.4, -0.2) is 48.5 Å². The van der Waals surface area contributed by atoms with Gasteiger partial charge in [-0.2, -0.15) is 0 Å². The average molecular weight is 297 g/mol. The summed E-state index contributed by atoms with van der Waals surface area (Å²) in [5.41, 5.74) is 0. The van der Waals surface area contributed by atoms with Crippen molar-refractivity contribution in [1.29, 1.82) is 0 Å². The van der Waals surface area contributed by atoms with Crippen LogP contribution < -0.4 is 14.8 Å². The number of amides is 1. The molecule has 1 aromatic carbocycles. The normalized spacial score (nSPS) is 11.5. The fraction of sp³-hybridized carbons (Fsp3) is 0.429. The number of benzene rings is 1. The molecule has 21 heavy (non-hydrogen) atoms. The van der Waals surface area contributed by atoms with Crippen LogP contribution in [0, 0.1) is 0 Å². The Morgan fingerprint density at radius 2 is 1.86 bits per heavy atom. The van der Waals surface area contributed by atoms with Crippen LogP contribution >= 0.6 is 0 Å². The summed E-state index contributed by atoms with van der Waals surface area (Å²) in [4.78, 5) is 22.4. The van der Waals surface area contributed by atoms with E-state index >= 15 is 0 Å². The predicted molar refractivity (Wildman–Crippen MR) is 74.4 cm³/mol. The van der Waals surface area contributed by atoms with E-state index in [2.05, 4.69) is 5.32 Å². The van der Waals surface area contributed by atoms with Crippen LogP contribution in [0.2, 0.25) is 0 Å². The van der Waals surface area contributed by atoms with Crippen molar-refractivity contribution in [3.8, 4) is 11.5 Å². The molecule has 0 fully saturated rings. The molecule has 7 heteroatoms. The first-order valence-corrected chi connectivity index (χ1v) is 6.46. The van der Waals surface area contributed by atoms with Gasteiger partial charge in [0, 0.05) is 13.0 Å². The summed E-state index contributed by atoms with van der Waals surface area (Å²) >= 11 is 0. The maximum absolute atomic E-state index is 11.6. The molecule has 0 aliphatic carbocycles. The molecule has 1 aromatic rings. The fourth-order valence-electron chi connectivity index (χ4n) is 1.59. The Morgan fingerprint density at radius 3 is 2.38 bits per heavy atom. The molecule has 7 nitrogen and oxygen atoms in total. The first kappa shape index (κ1) is 16.8. The summed E-state index contributed by atoms with van der Waals surface area (Å²) in [5, 5.41) is 19.9.